The van der Waals surface area contributed by atoms with E-state index in [0.29, 0.717) is 6.04 Å². The van der Waals surface area contributed by atoms with Gasteiger partial charge in [-0.05, 0) is 38.6 Å². The van der Waals surface area contributed by atoms with Gasteiger partial charge in [-0.3, -0.25) is 4.99 Å². The zero-order valence-electron chi connectivity index (χ0n) is 13.4. The van der Waals surface area contributed by atoms with Crippen molar-refractivity contribution in [3.05, 3.63) is 35.4 Å². The molecule has 1 rings (SSSR count). The van der Waals surface area contributed by atoms with E-state index >= 15 is 0 Å². The van der Waals surface area contributed by atoms with E-state index in [9.17, 15) is 0 Å². The highest BCUT2D eigenvalue weighted by atomic mass is 15.2. The molecule has 1 atom stereocenters. The zero-order valence-corrected chi connectivity index (χ0v) is 13.4. The van der Waals surface area contributed by atoms with Crippen LogP contribution in [0.1, 0.15) is 31.4 Å². The summed E-state index contributed by atoms with van der Waals surface area (Å²) >= 11 is 0. The average Bonchev–Trinajstić information content (AvgIpc) is 2.42. The van der Waals surface area contributed by atoms with Crippen LogP contribution in [0.4, 0.5) is 0 Å². The van der Waals surface area contributed by atoms with Gasteiger partial charge < -0.3 is 15.5 Å². The summed E-state index contributed by atoms with van der Waals surface area (Å²) in [6.45, 7) is 6.07. The second kappa shape index (κ2) is 8.59. The summed E-state index contributed by atoms with van der Waals surface area (Å²) in [7, 11) is 5.98. The predicted octanol–water partition coefficient (Wildman–Crippen LogP) is 2.21. The number of hydrogen-bond donors (Lipinski definition) is 2. The van der Waals surface area contributed by atoms with Crippen LogP contribution in [0.2, 0.25) is 0 Å². The number of nitrogens with zero attached hydrogens (tertiary/aromatic N) is 2. The number of rotatable bonds is 6. The Morgan fingerprint density at radius 1 is 1.30 bits per heavy atom. The van der Waals surface area contributed by atoms with Gasteiger partial charge in [0.25, 0.3) is 0 Å². The molecule has 0 saturated heterocycles. The monoisotopic (exact) mass is 276 g/mol. The smallest absolute Gasteiger partial charge is 0.191 e. The molecule has 0 aromatic heterocycles. The molecule has 0 fully saturated rings. The Kier molecular flexibility index (Phi) is 7.09. The first-order valence-corrected chi connectivity index (χ1v) is 7.24. The van der Waals surface area contributed by atoms with E-state index in [1.54, 1.807) is 7.05 Å². The molecule has 0 aliphatic rings. The van der Waals surface area contributed by atoms with E-state index in [1.807, 2.05) is 0 Å². The fraction of sp³-hybridized carbons (Fsp3) is 0.562. The maximum Gasteiger partial charge on any atom is 0.191 e. The van der Waals surface area contributed by atoms with E-state index in [0.717, 1.165) is 25.5 Å². The first kappa shape index (κ1) is 16.5. The van der Waals surface area contributed by atoms with Crippen molar-refractivity contribution in [3.63, 3.8) is 0 Å². The SMILES string of the molecule is CCC(C)NC(=NC)NCc1cccc(CN(C)C)c1. The maximum atomic E-state index is 4.25. The third kappa shape index (κ3) is 6.06. The van der Waals surface area contributed by atoms with Crippen LogP contribution in [0.15, 0.2) is 29.3 Å². The first-order valence-electron chi connectivity index (χ1n) is 7.24. The number of nitrogens with one attached hydrogen (secondary N) is 2. The summed E-state index contributed by atoms with van der Waals surface area (Å²) in [4.78, 5) is 6.42. The van der Waals surface area contributed by atoms with Crippen LogP contribution in [0.5, 0.6) is 0 Å². The number of benzene rings is 1. The maximum absolute atomic E-state index is 4.25. The Morgan fingerprint density at radius 2 is 2.00 bits per heavy atom. The van der Waals surface area contributed by atoms with Gasteiger partial charge in [0.1, 0.15) is 0 Å². The molecular weight excluding hydrogens is 248 g/mol. The van der Waals surface area contributed by atoms with Gasteiger partial charge in [-0.1, -0.05) is 31.2 Å². The topological polar surface area (TPSA) is 39.7 Å². The van der Waals surface area contributed by atoms with Gasteiger partial charge in [0, 0.05) is 26.2 Å². The highest BCUT2D eigenvalue weighted by Gasteiger charge is 2.03. The molecule has 4 nitrogen and oxygen atoms in total. The molecule has 0 aliphatic carbocycles. The summed E-state index contributed by atoms with van der Waals surface area (Å²) in [6.07, 6.45) is 1.08. The van der Waals surface area contributed by atoms with Crippen molar-refractivity contribution in [3.8, 4) is 0 Å². The minimum atomic E-state index is 0.432. The Labute approximate surface area is 123 Å². The van der Waals surface area contributed by atoms with Gasteiger partial charge in [-0.25, -0.2) is 0 Å². The third-order valence-corrected chi connectivity index (χ3v) is 3.17. The fourth-order valence-electron chi connectivity index (χ4n) is 1.92. The second-order valence-corrected chi connectivity index (χ2v) is 5.44. The largest absolute Gasteiger partial charge is 0.354 e. The molecule has 1 aromatic rings. The number of guanidine groups is 1. The molecule has 4 heteroatoms. The molecular formula is C16H28N4. The fourth-order valence-corrected chi connectivity index (χ4v) is 1.92. The van der Waals surface area contributed by atoms with Gasteiger partial charge in [0.05, 0.1) is 0 Å². The van der Waals surface area contributed by atoms with Crippen molar-refractivity contribution >= 4 is 5.96 Å². The quantitative estimate of drug-likeness (QED) is 0.618. The lowest BCUT2D eigenvalue weighted by Crippen LogP contribution is -2.41. The van der Waals surface area contributed by atoms with E-state index in [4.69, 9.17) is 0 Å². The van der Waals surface area contributed by atoms with Crippen molar-refractivity contribution in [2.75, 3.05) is 21.1 Å². The van der Waals surface area contributed by atoms with Crippen molar-refractivity contribution < 1.29 is 0 Å². The summed E-state index contributed by atoms with van der Waals surface area (Å²) < 4.78 is 0. The van der Waals surface area contributed by atoms with Crippen LogP contribution < -0.4 is 10.6 Å². The van der Waals surface area contributed by atoms with Gasteiger partial charge in [0.15, 0.2) is 5.96 Å². The van der Waals surface area contributed by atoms with Crippen LogP contribution in [0.3, 0.4) is 0 Å². The van der Waals surface area contributed by atoms with Crippen molar-refractivity contribution in [1.82, 2.24) is 15.5 Å². The number of aliphatic imine (C=N–C) groups is 1. The molecule has 1 aromatic carbocycles. The molecule has 2 N–H and O–H groups in total. The van der Waals surface area contributed by atoms with Crippen LogP contribution in [-0.4, -0.2) is 38.0 Å². The van der Waals surface area contributed by atoms with Crippen LogP contribution in [0.25, 0.3) is 0 Å². The first-order chi connectivity index (χ1) is 9.55. The predicted molar refractivity (Wildman–Crippen MR) is 86.9 cm³/mol. The number of hydrogen-bond acceptors (Lipinski definition) is 2. The molecule has 0 bridgehead atoms. The average molecular weight is 276 g/mol. The molecule has 0 radical (unpaired) electrons. The van der Waals surface area contributed by atoms with Gasteiger partial charge in [-0.2, -0.15) is 0 Å². The van der Waals surface area contributed by atoms with Crippen LogP contribution >= 0.6 is 0 Å². The lowest BCUT2D eigenvalue weighted by Gasteiger charge is -2.17. The van der Waals surface area contributed by atoms with Crippen molar-refractivity contribution in [1.29, 1.82) is 0 Å². The van der Waals surface area contributed by atoms with Crippen molar-refractivity contribution in [2.45, 2.75) is 39.4 Å². The molecule has 112 valence electrons. The standard InChI is InChI=1S/C16H28N4/c1-6-13(2)19-16(17-3)18-11-14-8-7-9-15(10-14)12-20(4)5/h7-10,13H,6,11-12H2,1-5H3,(H2,17,18,19). The van der Waals surface area contributed by atoms with Crippen LogP contribution in [0, 0.1) is 0 Å². The van der Waals surface area contributed by atoms with Gasteiger partial charge in [0.2, 0.25) is 0 Å². The minimum Gasteiger partial charge on any atom is -0.354 e. The van der Waals surface area contributed by atoms with Gasteiger partial charge >= 0.3 is 0 Å². The summed E-state index contributed by atoms with van der Waals surface area (Å²) in [5.41, 5.74) is 2.61. The summed E-state index contributed by atoms with van der Waals surface area (Å²) in [5, 5.41) is 6.72. The Balaban J connectivity index is 2.56. The molecule has 20 heavy (non-hydrogen) atoms. The molecule has 0 spiro atoms. The van der Waals surface area contributed by atoms with Gasteiger partial charge in [-0.15, -0.1) is 0 Å². The van der Waals surface area contributed by atoms with Crippen LogP contribution in [-0.2, 0) is 13.1 Å². The normalized spacial score (nSPS) is 13.4. The molecule has 0 heterocycles. The highest BCUT2D eigenvalue weighted by Crippen LogP contribution is 2.06. The molecule has 1 unspecified atom stereocenters. The Hall–Kier alpha value is -1.55. The summed E-state index contributed by atoms with van der Waals surface area (Å²) in [5.74, 6) is 0.859. The lowest BCUT2D eigenvalue weighted by atomic mass is 10.1. The third-order valence-electron chi connectivity index (χ3n) is 3.17. The van der Waals surface area contributed by atoms with E-state index in [-0.39, 0.29) is 0 Å². The minimum absolute atomic E-state index is 0.432. The molecule has 0 saturated carbocycles. The van der Waals surface area contributed by atoms with Crippen molar-refractivity contribution in [2.24, 2.45) is 4.99 Å². The summed E-state index contributed by atoms with van der Waals surface area (Å²) in [6, 6.07) is 9.09. The lowest BCUT2D eigenvalue weighted by molar-refractivity contribution is 0.402. The zero-order chi connectivity index (χ0) is 15.0. The van der Waals surface area contributed by atoms with E-state index in [1.165, 1.54) is 11.1 Å². The Morgan fingerprint density at radius 3 is 2.60 bits per heavy atom. The highest BCUT2D eigenvalue weighted by molar-refractivity contribution is 5.79. The molecule has 0 amide bonds. The molecule has 0 aliphatic heterocycles. The van der Waals surface area contributed by atoms with E-state index < -0.39 is 0 Å². The van der Waals surface area contributed by atoms with E-state index in [2.05, 4.69) is 72.7 Å². The second-order valence-electron chi connectivity index (χ2n) is 5.44. The Bertz CT molecular complexity index is 426.